The van der Waals surface area contributed by atoms with Gasteiger partial charge in [-0.05, 0) is 51.1 Å². The molecule has 2 aromatic heterocycles. The second-order valence-corrected chi connectivity index (χ2v) is 8.19. The highest BCUT2D eigenvalue weighted by Crippen LogP contribution is 2.30. The van der Waals surface area contributed by atoms with E-state index < -0.39 is 5.97 Å². The van der Waals surface area contributed by atoms with Crippen LogP contribution in [0.4, 0.5) is 0 Å². The molecule has 2 heterocycles. The highest BCUT2D eigenvalue weighted by Gasteiger charge is 2.22. The number of aromatic amines is 1. The summed E-state index contributed by atoms with van der Waals surface area (Å²) in [5.74, 6) is 1.44. The molecule has 1 atom stereocenters. The third-order valence-corrected chi connectivity index (χ3v) is 6.38. The van der Waals surface area contributed by atoms with Gasteiger partial charge >= 0.3 is 5.97 Å². The molecule has 0 fully saturated rings. The van der Waals surface area contributed by atoms with E-state index >= 15 is 0 Å². The van der Waals surface area contributed by atoms with E-state index in [4.69, 9.17) is 14.2 Å². The van der Waals surface area contributed by atoms with Crippen LogP contribution in [0.15, 0.2) is 23.0 Å². The van der Waals surface area contributed by atoms with Crippen molar-refractivity contribution in [2.75, 3.05) is 27.9 Å². The summed E-state index contributed by atoms with van der Waals surface area (Å²) in [6, 6.07) is 5.59. The van der Waals surface area contributed by atoms with Gasteiger partial charge in [0.15, 0.2) is 11.5 Å². The molecule has 0 aliphatic carbocycles. The summed E-state index contributed by atoms with van der Waals surface area (Å²) in [7, 11) is 5.16. The summed E-state index contributed by atoms with van der Waals surface area (Å²) >= 11 is 1.19. The number of thiophene rings is 1. The van der Waals surface area contributed by atoms with Crippen molar-refractivity contribution in [1.82, 2.24) is 14.9 Å². The second kappa shape index (κ2) is 9.49. The van der Waals surface area contributed by atoms with Crippen LogP contribution < -0.4 is 15.0 Å². The minimum Gasteiger partial charge on any atom is -0.493 e. The van der Waals surface area contributed by atoms with Crippen LogP contribution in [0.3, 0.4) is 0 Å². The topological polar surface area (TPSA) is 93.8 Å². The second-order valence-electron chi connectivity index (χ2n) is 7.19. The molecule has 0 unspecified atom stereocenters. The van der Waals surface area contributed by atoms with E-state index in [9.17, 15) is 9.59 Å². The van der Waals surface area contributed by atoms with Crippen LogP contribution >= 0.6 is 11.3 Å². The SMILES string of the molecule is CCOC(=O)c1sc2nc([C@@H](C)N(C)Cc3ccc(OC)c(OC)c3)[nH]c(=O)c2c1C. The number of hydrogen-bond acceptors (Lipinski definition) is 8. The van der Waals surface area contributed by atoms with E-state index in [0.717, 1.165) is 5.56 Å². The van der Waals surface area contributed by atoms with E-state index in [-0.39, 0.29) is 18.2 Å². The first kappa shape index (κ1) is 22.8. The maximum atomic E-state index is 12.8. The molecule has 166 valence electrons. The average molecular weight is 446 g/mol. The Labute approximate surface area is 184 Å². The standard InChI is InChI=1S/C22H27N3O5S/c1-7-30-22(27)18-12(2)17-20(26)23-19(24-21(17)31-18)13(3)25(4)11-14-8-9-15(28-5)16(10-14)29-6/h8-10,13H,7,11H2,1-6H3,(H,23,24,26)/t13-/m1/s1. The van der Waals surface area contributed by atoms with Gasteiger partial charge < -0.3 is 19.2 Å². The van der Waals surface area contributed by atoms with Crippen LogP contribution in [0, 0.1) is 6.92 Å². The fourth-order valence-electron chi connectivity index (χ4n) is 3.36. The van der Waals surface area contributed by atoms with Gasteiger partial charge in [-0.15, -0.1) is 11.3 Å². The van der Waals surface area contributed by atoms with Gasteiger partial charge in [0.25, 0.3) is 5.56 Å². The van der Waals surface area contributed by atoms with Crippen molar-refractivity contribution < 1.29 is 19.0 Å². The van der Waals surface area contributed by atoms with E-state index in [1.807, 2.05) is 32.2 Å². The number of aromatic nitrogens is 2. The largest absolute Gasteiger partial charge is 0.493 e. The Bertz CT molecular complexity index is 1150. The maximum Gasteiger partial charge on any atom is 0.348 e. The fraction of sp³-hybridized carbons (Fsp3) is 0.409. The monoisotopic (exact) mass is 445 g/mol. The Balaban J connectivity index is 1.88. The molecule has 0 aliphatic heterocycles. The van der Waals surface area contributed by atoms with Gasteiger partial charge in [0, 0.05) is 6.54 Å². The van der Waals surface area contributed by atoms with Crippen LogP contribution in [-0.2, 0) is 11.3 Å². The molecule has 0 saturated heterocycles. The van der Waals surface area contributed by atoms with Gasteiger partial charge in [-0.25, -0.2) is 9.78 Å². The Morgan fingerprint density at radius 1 is 1.26 bits per heavy atom. The number of H-pyrrole nitrogens is 1. The first-order valence-electron chi connectivity index (χ1n) is 9.92. The molecule has 0 bridgehead atoms. The van der Waals surface area contributed by atoms with Gasteiger partial charge in [-0.1, -0.05) is 6.07 Å². The number of carbonyl (C=O) groups excluding carboxylic acids is 1. The number of fused-ring (bicyclic) bond motifs is 1. The molecule has 31 heavy (non-hydrogen) atoms. The minimum absolute atomic E-state index is 0.168. The Morgan fingerprint density at radius 2 is 1.97 bits per heavy atom. The summed E-state index contributed by atoms with van der Waals surface area (Å²) in [6.07, 6.45) is 0. The Kier molecular flexibility index (Phi) is 6.97. The number of esters is 1. The summed E-state index contributed by atoms with van der Waals surface area (Å²) in [6.45, 7) is 6.35. The quantitative estimate of drug-likeness (QED) is 0.529. The van der Waals surface area contributed by atoms with Crippen LogP contribution in [0.1, 0.15) is 46.5 Å². The molecule has 0 aliphatic rings. The maximum absolute atomic E-state index is 12.8. The van der Waals surface area contributed by atoms with Crippen LogP contribution in [0.25, 0.3) is 10.2 Å². The molecule has 0 saturated carbocycles. The molecular formula is C22H27N3O5S. The smallest absolute Gasteiger partial charge is 0.348 e. The predicted molar refractivity (Wildman–Crippen MR) is 120 cm³/mol. The van der Waals surface area contributed by atoms with Crippen LogP contribution in [-0.4, -0.2) is 48.7 Å². The summed E-state index contributed by atoms with van der Waals surface area (Å²) in [5.41, 5.74) is 1.38. The zero-order valence-corrected chi connectivity index (χ0v) is 19.4. The Morgan fingerprint density at radius 3 is 2.61 bits per heavy atom. The summed E-state index contributed by atoms with van der Waals surface area (Å²) < 4.78 is 15.8. The molecule has 9 heteroatoms. The molecule has 1 aromatic carbocycles. The van der Waals surface area contributed by atoms with Crippen molar-refractivity contribution in [2.45, 2.75) is 33.4 Å². The van der Waals surface area contributed by atoms with Crippen molar-refractivity contribution in [2.24, 2.45) is 0 Å². The minimum atomic E-state index is -0.428. The zero-order chi connectivity index (χ0) is 22.7. The Hall–Kier alpha value is -2.91. The van der Waals surface area contributed by atoms with Crippen LogP contribution in [0.5, 0.6) is 11.5 Å². The van der Waals surface area contributed by atoms with Gasteiger partial charge in [0.2, 0.25) is 0 Å². The first-order valence-corrected chi connectivity index (χ1v) is 10.7. The number of nitrogens with zero attached hydrogens (tertiary/aromatic N) is 2. The summed E-state index contributed by atoms with van der Waals surface area (Å²) in [5, 5.41) is 0.437. The van der Waals surface area contributed by atoms with Crippen LogP contribution in [0.2, 0.25) is 0 Å². The zero-order valence-electron chi connectivity index (χ0n) is 18.6. The number of rotatable bonds is 8. The molecule has 3 aromatic rings. The molecular weight excluding hydrogens is 418 g/mol. The van der Waals surface area contributed by atoms with Crippen molar-refractivity contribution in [3.63, 3.8) is 0 Å². The van der Waals surface area contributed by atoms with Crippen molar-refractivity contribution >= 4 is 27.5 Å². The van der Waals surface area contributed by atoms with Crippen molar-refractivity contribution in [3.05, 3.63) is 50.4 Å². The fourth-order valence-corrected chi connectivity index (χ4v) is 4.45. The predicted octanol–water partition coefficient (Wildman–Crippen LogP) is 3.68. The van der Waals surface area contributed by atoms with Gasteiger partial charge in [-0.3, -0.25) is 9.69 Å². The number of methoxy groups -OCH3 is 2. The van der Waals surface area contributed by atoms with Crippen molar-refractivity contribution in [3.8, 4) is 11.5 Å². The van der Waals surface area contributed by atoms with E-state index in [1.165, 1.54) is 11.3 Å². The highest BCUT2D eigenvalue weighted by molar-refractivity contribution is 7.20. The van der Waals surface area contributed by atoms with Gasteiger partial charge in [0.1, 0.15) is 15.5 Å². The van der Waals surface area contributed by atoms with E-state index in [1.54, 1.807) is 28.1 Å². The lowest BCUT2D eigenvalue weighted by Crippen LogP contribution is -2.25. The number of aryl methyl sites for hydroxylation is 1. The summed E-state index contributed by atoms with van der Waals surface area (Å²) in [4.78, 5) is 35.5. The number of carbonyl (C=O) groups is 1. The molecule has 0 radical (unpaired) electrons. The lowest BCUT2D eigenvalue weighted by molar-refractivity contribution is 0.0531. The van der Waals surface area contributed by atoms with Gasteiger partial charge in [0.05, 0.1) is 32.3 Å². The molecule has 0 amide bonds. The van der Waals surface area contributed by atoms with Crippen molar-refractivity contribution in [1.29, 1.82) is 0 Å². The molecule has 8 nitrogen and oxygen atoms in total. The lowest BCUT2D eigenvalue weighted by Gasteiger charge is -2.24. The van der Waals surface area contributed by atoms with E-state index in [2.05, 4.69) is 14.9 Å². The molecule has 3 rings (SSSR count). The average Bonchev–Trinajstić information content (AvgIpc) is 3.10. The molecule has 1 N–H and O–H groups in total. The number of hydrogen-bond donors (Lipinski definition) is 1. The highest BCUT2D eigenvalue weighted by atomic mass is 32.1. The number of ether oxygens (including phenoxy) is 3. The molecule has 0 spiro atoms. The third-order valence-electron chi connectivity index (χ3n) is 5.22. The van der Waals surface area contributed by atoms with E-state index in [0.29, 0.717) is 44.5 Å². The normalized spacial score (nSPS) is 12.2. The lowest BCUT2D eigenvalue weighted by atomic mass is 10.1. The third kappa shape index (κ3) is 4.57. The number of nitrogens with one attached hydrogen (secondary N) is 1. The first-order chi connectivity index (χ1) is 14.8. The number of benzene rings is 1. The van der Waals surface area contributed by atoms with Gasteiger partial charge in [-0.2, -0.15) is 0 Å².